The van der Waals surface area contributed by atoms with Crippen LogP contribution < -0.4 is 0 Å². The van der Waals surface area contributed by atoms with Crippen molar-refractivity contribution in [2.75, 3.05) is 12.4 Å². The second kappa shape index (κ2) is 7.29. The highest BCUT2D eigenvalue weighted by atomic mass is 32.2. The summed E-state index contributed by atoms with van der Waals surface area (Å²) in [6, 6.07) is 0. The number of Topliss-reactive ketones (excluding diaryl/α,β-unsaturated/α-hetero) is 1. The zero-order chi connectivity index (χ0) is 11.1. The van der Waals surface area contributed by atoms with E-state index >= 15 is 0 Å². The summed E-state index contributed by atoms with van der Waals surface area (Å²) in [5.74, 6) is 1.08. The lowest BCUT2D eigenvalue weighted by Gasteiger charge is -2.08. The maximum atomic E-state index is 11.5. The maximum Gasteiger partial charge on any atom is 0.142 e. The zero-order valence-electron chi connectivity index (χ0n) is 9.83. The highest BCUT2D eigenvalue weighted by Gasteiger charge is 2.15. The van der Waals surface area contributed by atoms with E-state index < -0.39 is 0 Å². The molecule has 1 aliphatic rings. The van der Waals surface area contributed by atoms with Gasteiger partial charge in [-0.25, -0.2) is 0 Å². The van der Waals surface area contributed by atoms with Crippen molar-refractivity contribution >= 4 is 17.5 Å². The first-order chi connectivity index (χ1) is 7.18. The van der Waals surface area contributed by atoms with Gasteiger partial charge in [0.15, 0.2) is 0 Å². The molecule has 1 aliphatic heterocycles. The highest BCUT2D eigenvalue weighted by molar-refractivity contribution is 8.00. The topological polar surface area (TPSA) is 26.3 Å². The largest absolute Gasteiger partial charge is 0.378 e. The fraction of sp³-hybridized carbons (Fsp3) is 0.917. The number of thioether (sulfide) groups is 1. The van der Waals surface area contributed by atoms with E-state index in [-0.39, 0.29) is 0 Å². The molecule has 0 N–H and O–H groups in total. The van der Waals surface area contributed by atoms with Crippen LogP contribution in [0.25, 0.3) is 0 Å². The van der Waals surface area contributed by atoms with Crippen LogP contribution in [0.1, 0.15) is 46.0 Å². The lowest BCUT2D eigenvalue weighted by molar-refractivity contribution is -0.116. The van der Waals surface area contributed by atoms with Gasteiger partial charge in [0.1, 0.15) is 5.78 Å². The third-order valence-corrected chi connectivity index (χ3v) is 3.74. The van der Waals surface area contributed by atoms with Crippen molar-refractivity contribution in [2.45, 2.75) is 57.3 Å². The second-order valence-corrected chi connectivity index (χ2v) is 5.99. The summed E-state index contributed by atoms with van der Waals surface area (Å²) in [6.45, 7) is 5.18. The zero-order valence-corrected chi connectivity index (χ0v) is 10.6. The third kappa shape index (κ3) is 6.21. The molecule has 1 rings (SSSR count). The van der Waals surface area contributed by atoms with Crippen molar-refractivity contribution in [3.63, 3.8) is 0 Å². The lowest BCUT2D eigenvalue weighted by Crippen LogP contribution is -2.08. The maximum absolute atomic E-state index is 11.5. The number of carbonyl (C=O) groups is 1. The first kappa shape index (κ1) is 13.0. The van der Waals surface area contributed by atoms with E-state index in [1.165, 1.54) is 12.8 Å². The summed E-state index contributed by atoms with van der Waals surface area (Å²) in [6.07, 6.45) is 5.63. The Morgan fingerprint density at radius 1 is 1.53 bits per heavy atom. The fourth-order valence-electron chi connectivity index (χ4n) is 1.73. The standard InChI is InChI=1S/C12H22O2S/c1-10(2)15-9-11(13)5-3-6-12-7-4-8-14-12/h10,12H,3-9H2,1-2H3. The quantitative estimate of drug-likeness (QED) is 0.672. The Morgan fingerprint density at radius 2 is 2.33 bits per heavy atom. The first-order valence-corrected chi connectivity index (χ1v) is 6.98. The minimum absolute atomic E-state index is 0.395. The minimum Gasteiger partial charge on any atom is -0.378 e. The molecule has 2 nitrogen and oxygen atoms in total. The molecule has 0 radical (unpaired) electrons. The molecular formula is C12H22O2S. The molecular weight excluding hydrogens is 208 g/mol. The number of ketones is 1. The van der Waals surface area contributed by atoms with Crippen LogP contribution in [0, 0.1) is 0 Å². The molecule has 15 heavy (non-hydrogen) atoms. The van der Waals surface area contributed by atoms with Crippen LogP contribution in [-0.2, 0) is 9.53 Å². The molecule has 1 unspecified atom stereocenters. The van der Waals surface area contributed by atoms with Crippen LogP contribution in [0.3, 0.4) is 0 Å². The molecule has 1 heterocycles. The SMILES string of the molecule is CC(C)SCC(=O)CCCC1CCCO1. The van der Waals surface area contributed by atoms with E-state index in [0.29, 0.717) is 22.9 Å². The molecule has 0 aromatic rings. The summed E-state index contributed by atoms with van der Waals surface area (Å²) < 4.78 is 5.52. The highest BCUT2D eigenvalue weighted by Crippen LogP contribution is 2.18. The van der Waals surface area contributed by atoms with Gasteiger partial charge in [-0.05, 0) is 30.9 Å². The minimum atomic E-state index is 0.395. The average molecular weight is 230 g/mol. The van der Waals surface area contributed by atoms with E-state index in [1.54, 1.807) is 11.8 Å². The van der Waals surface area contributed by atoms with Crippen molar-refractivity contribution in [1.82, 2.24) is 0 Å². The lowest BCUT2D eigenvalue weighted by atomic mass is 10.1. The normalized spacial score (nSPS) is 21.1. The molecule has 0 aromatic heterocycles. The van der Waals surface area contributed by atoms with E-state index in [2.05, 4.69) is 13.8 Å². The molecule has 0 amide bonds. The predicted octanol–water partition coefficient (Wildman–Crippen LogP) is 3.05. The van der Waals surface area contributed by atoms with Crippen molar-refractivity contribution in [3.8, 4) is 0 Å². The number of ether oxygens (including phenoxy) is 1. The monoisotopic (exact) mass is 230 g/mol. The Morgan fingerprint density at radius 3 is 2.93 bits per heavy atom. The molecule has 88 valence electrons. The smallest absolute Gasteiger partial charge is 0.142 e. The van der Waals surface area contributed by atoms with Gasteiger partial charge in [-0.2, -0.15) is 11.8 Å². The average Bonchev–Trinajstić information content (AvgIpc) is 2.67. The van der Waals surface area contributed by atoms with Gasteiger partial charge >= 0.3 is 0 Å². The molecule has 3 heteroatoms. The number of hydrogen-bond acceptors (Lipinski definition) is 3. The van der Waals surface area contributed by atoms with E-state index in [4.69, 9.17) is 4.74 Å². The second-order valence-electron chi connectivity index (χ2n) is 4.43. The Bertz CT molecular complexity index is 186. The summed E-state index contributed by atoms with van der Waals surface area (Å²) in [7, 11) is 0. The Kier molecular flexibility index (Phi) is 6.34. The van der Waals surface area contributed by atoms with Crippen LogP contribution in [-0.4, -0.2) is 29.5 Å². The van der Waals surface area contributed by atoms with Gasteiger partial charge in [0, 0.05) is 13.0 Å². The van der Waals surface area contributed by atoms with Gasteiger partial charge in [0.05, 0.1) is 11.9 Å². The molecule has 0 aromatic carbocycles. The Hall–Kier alpha value is -0.0200. The molecule has 1 fully saturated rings. The number of rotatable bonds is 7. The molecule has 0 saturated carbocycles. The van der Waals surface area contributed by atoms with Crippen LogP contribution in [0.15, 0.2) is 0 Å². The van der Waals surface area contributed by atoms with Crippen molar-refractivity contribution in [2.24, 2.45) is 0 Å². The van der Waals surface area contributed by atoms with Crippen LogP contribution in [0.4, 0.5) is 0 Å². The molecule has 0 spiro atoms. The molecule has 1 atom stereocenters. The van der Waals surface area contributed by atoms with Gasteiger partial charge in [-0.15, -0.1) is 0 Å². The van der Waals surface area contributed by atoms with Crippen molar-refractivity contribution in [3.05, 3.63) is 0 Å². The van der Waals surface area contributed by atoms with E-state index in [1.807, 2.05) is 0 Å². The van der Waals surface area contributed by atoms with Gasteiger partial charge in [0.2, 0.25) is 0 Å². The number of hydrogen-bond donors (Lipinski definition) is 0. The summed E-state index contributed by atoms with van der Waals surface area (Å²) in [5.41, 5.74) is 0. The Balaban J connectivity index is 1.96. The van der Waals surface area contributed by atoms with Gasteiger partial charge in [-0.1, -0.05) is 13.8 Å². The van der Waals surface area contributed by atoms with E-state index in [9.17, 15) is 4.79 Å². The number of carbonyl (C=O) groups excluding carboxylic acids is 1. The van der Waals surface area contributed by atoms with Gasteiger partial charge in [-0.3, -0.25) is 4.79 Å². The van der Waals surface area contributed by atoms with E-state index in [0.717, 1.165) is 25.9 Å². The molecule has 0 bridgehead atoms. The van der Waals surface area contributed by atoms with Crippen molar-refractivity contribution < 1.29 is 9.53 Å². The Labute approximate surface area is 97.1 Å². The fourth-order valence-corrected chi connectivity index (χ4v) is 2.39. The van der Waals surface area contributed by atoms with Crippen LogP contribution >= 0.6 is 11.8 Å². The molecule has 1 saturated heterocycles. The van der Waals surface area contributed by atoms with Crippen LogP contribution in [0.2, 0.25) is 0 Å². The predicted molar refractivity (Wildman–Crippen MR) is 65.4 cm³/mol. The molecule has 0 aliphatic carbocycles. The summed E-state index contributed by atoms with van der Waals surface area (Å²) >= 11 is 1.74. The van der Waals surface area contributed by atoms with Gasteiger partial charge < -0.3 is 4.74 Å². The summed E-state index contributed by atoms with van der Waals surface area (Å²) in [5, 5.41) is 0.562. The van der Waals surface area contributed by atoms with Gasteiger partial charge in [0.25, 0.3) is 0 Å². The third-order valence-electron chi connectivity index (χ3n) is 2.58. The summed E-state index contributed by atoms with van der Waals surface area (Å²) in [4.78, 5) is 11.5. The van der Waals surface area contributed by atoms with Crippen molar-refractivity contribution in [1.29, 1.82) is 0 Å². The van der Waals surface area contributed by atoms with Crippen LogP contribution in [0.5, 0.6) is 0 Å². The first-order valence-electron chi connectivity index (χ1n) is 5.93.